The van der Waals surface area contributed by atoms with Gasteiger partial charge >= 0.3 is 0 Å². The van der Waals surface area contributed by atoms with Gasteiger partial charge in [-0.1, -0.05) is 23.7 Å². The number of nitrogens with zero attached hydrogens (tertiary/aromatic N) is 3. The number of ether oxygens (including phenoxy) is 2. The van der Waals surface area contributed by atoms with E-state index >= 15 is 0 Å². The Morgan fingerprint density at radius 1 is 1.06 bits per heavy atom. The molecule has 3 heterocycles. The summed E-state index contributed by atoms with van der Waals surface area (Å²) >= 11 is 5.97. The number of H-pyrrole nitrogens is 1. The van der Waals surface area contributed by atoms with Gasteiger partial charge in [0, 0.05) is 40.4 Å². The lowest BCUT2D eigenvalue weighted by Gasteiger charge is -2.08. The van der Waals surface area contributed by atoms with Crippen LogP contribution in [0.5, 0.6) is 11.5 Å². The predicted molar refractivity (Wildman–Crippen MR) is 119 cm³/mol. The molecule has 0 amide bonds. The second kappa shape index (κ2) is 8.02. The summed E-state index contributed by atoms with van der Waals surface area (Å²) in [6, 6.07) is 13.2. The van der Waals surface area contributed by atoms with Gasteiger partial charge in [0.05, 0.1) is 18.3 Å². The molecule has 0 saturated carbocycles. The molecule has 156 valence electrons. The van der Waals surface area contributed by atoms with E-state index in [1.165, 1.54) is 0 Å². The highest BCUT2D eigenvalue weighted by molar-refractivity contribution is 6.30. The van der Waals surface area contributed by atoms with Crippen LogP contribution < -0.4 is 4.74 Å². The average molecular weight is 435 g/mol. The maximum absolute atomic E-state index is 6.03. The lowest BCUT2D eigenvalue weighted by Crippen LogP contribution is -1.97. The Labute approximate surface area is 183 Å². The monoisotopic (exact) mass is 434 g/mol. The van der Waals surface area contributed by atoms with E-state index in [9.17, 15) is 0 Å². The van der Waals surface area contributed by atoms with Crippen molar-refractivity contribution in [2.45, 2.75) is 20.0 Å². The van der Waals surface area contributed by atoms with Crippen molar-refractivity contribution in [2.75, 3.05) is 7.11 Å². The number of hydrogen-bond acceptors (Lipinski definition) is 6. The van der Waals surface area contributed by atoms with Crippen LogP contribution in [0.25, 0.3) is 33.4 Å². The quantitative estimate of drug-likeness (QED) is 0.357. The number of halogens is 1. The molecule has 5 rings (SSSR count). The van der Waals surface area contributed by atoms with Crippen LogP contribution in [0.4, 0.5) is 0 Å². The smallest absolute Gasteiger partial charge is 0.276 e. The van der Waals surface area contributed by atoms with E-state index in [2.05, 4.69) is 20.1 Å². The zero-order valence-electron chi connectivity index (χ0n) is 17.0. The number of pyridine rings is 1. The molecule has 0 radical (unpaired) electrons. The van der Waals surface area contributed by atoms with Crippen LogP contribution in [0.2, 0.25) is 5.02 Å². The fourth-order valence-electron chi connectivity index (χ4n) is 3.60. The van der Waals surface area contributed by atoms with Gasteiger partial charge in [-0.2, -0.15) is 4.98 Å². The van der Waals surface area contributed by atoms with Crippen molar-refractivity contribution in [2.24, 2.45) is 0 Å². The molecule has 0 aliphatic heterocycles. The predicted octanol–water partition coefficient (Wildman–Crippen LogP) is 5.92. The zero-order chi connectivity index (χ0) is 21.4. The molecule has 0 fully saturated rings. The molecule has 0 saturated heterocycles. The molecule has 3 aromatic heterocycles. The Balaban J connectivity index is 1.66. The van der Waals surface area contributed by atoms with Crippen molar-refractivity contribution in [1.82, 2.24) is 20.1 Å². The van der Waals surface area contributed by atoms with Crippen LogP contribution in [0.15, 0.2) is 53.2 Å². The highest BCUT2D eigenvalue weighted by Crippen LogP contribution is 2.36. The Hall–Kier alpha value is -3.42. The first-order valence-corrected chi connectivity index (χ1v) is 10.2. The number of aromatic amines is 1. The van der Waals surface area contributed by atoms with E-state index < -0.39 is 0 Å². The van der Waals surface area contributed by atoms with Gasteiger partial charge in [-0.05, 0) is 42.5 Å². The molecule has 0 atom stereocenters. The molecule has 31 heavy (non-hydrogen) atoms. The molecular formula is C23H19ClN4O3. The first-order valence-electron chi connectivity index (χ1n) is 9.85. The van der Waals surface area contributed by atoms with E-state index in [0.29, 0.717) is 47.0 Å². The molecule has 2 aromatic carbocycles. The molecule has 0 aliphatic rings. The Morgan fingerprint density at radius 2 is 1.87 bits per heavy atom. The third kappa shape index (κ3) is 3.62. The number of aromatic nitrogens is 4. The maximum atomic E-state index is 6.03. The van der Waals surface area contributed by atoms with Crippen LogP contribution in [-0.4, -0.2) is 27.2 Å². The minimum absolute atomic E-state index is 0.346. The molecule has 0 aliphatic carbocycles. The van der Waals surface area contributed by atoms with Gasteiger partial charge in [-0.3, -0.25) is 0 Å². The minimum Gasteiger partial charge on any atom is -0.457 e. The zero-order valence-corrected chi connectivity index (χ0v) is 17.7. The summed E-state index contributed by atoms with van der Waals surface area (Å²) < 4.78 is 17.0. The van der Waals surface area contributed by atoms with Crippen molar-refractivity contribution >= 4 is 33.4 Å². The van der Waals surface area contributed by atoms with Gasteiger partial charge < -0.3 is 19.0 Å². The van der Waals surface area contributed by atoms with Crippen molar-refractivity contribution in [3.8, 4) is 23.1 Å². The molecular weight excluding hydrogens is 416 g/mol. The summed E-state index contributed by atoms with van der Waals surface area (Å²) in [6.45, 7) is 2.32. The molecule has 8 heteroatoms. The van der Waals surface area contributed by atoms with E-state index in [0.717, 1.165) is 27.4 Å². The fourth-order valence-corrected chi connectivity index (χ4v) is 3.73. The standard InChI is InChI=1S/C23H19ClN4O3/c1-3-20-27-23(31-28-20)22-17(12-29-2)21-16-10-15(30-14-6-4-13(24)5-7-14)8-9-18(16)26-19(21)11-25-22/h4-11,26H,3,12H2,1-2H3. The minimum atomic E-state index is 0.346. The summed E-state index contributed by atoms with van der Waals surface area (Å²) in [4.78, 5) is 12.5. The van der Waals surface area contributed by atoms with E-state index in [1.54, 1.807) is 25.4 Å². The number of fused-ring (bicyclic) bond motifs is 3. The van der Waals surface area contributed by atoms with Crippen molar-refractivity contribution in [3.63, 3.8) is 0 Å². The largest absolute Gasteiger partial charge is 0.457 e. The van der Waals surface area contributed by atoms with E-state index in [-0.39, 0.29) is 0 Å². The van der Waals surface area contributed by atoms with Gasteiger partial charge in [-0.15, -0.1) is 0 Å². The second-order valence-corrected chi connectivity index (χ2v) is 7.50. The lowest BCUT2D eigenvalue weighted by atomic mass is 10.1. The van der Waals surface area contributed by atoms with Gasteiger partial charge in [0.2, 0.25) is 0 Å². The van der Waals surface area contributed by atoms with Crippen LogP contribution in [0.1, 0.15) is 18.3 Å². The Kier molecular flexibility index (Phi) is 5.05. The number of aryl methyl sites for hydroxylation is 1. The number of nitrogens with one attached hydrogen (secondary N) is 1. The van der Waals surface area contributed by atoms with Crippen molar-refractivity contribution in [3.05, 3.63) is 65.1 Å². The fraction of sp³-hybridized carbons (Fsp3) is 0.174. The van der Waals surface area contributed by atoms with Gasteiger partial charge in [0.15, 0.2) is 5.82 Å². The number of benzene rings is 2. The van der Waals surface area contributed by atoms with Crippen LogP contribution >= 0.6 is 11.6 Å². The highest BCUT2D eigenvalue weighted by atomic mass is 35.5. The summed E-state index contributed by atoms with van der Waals surface area (Å²) in [5, 5.41) is 6.65. The third-order valence-electron chi connectivity index (χ3n) is 5.03. The van der Waals surface area contributed by atoms with Crippen LogP contribution in [0.3, 0.4) is 0 Å². The van der Waals surface area contributed by atoms with E-state index in [4.69, 9.17) is 25.6 Å². The Bertz CT molecular complexity index is 1380. The average Bonchev–Trinajstić information content (AvgIpc) is 3.40. The molecule has 0 unspecified atom stereocenters. The van der Waals surface area contributed by atoms with Gasteiger partial charge in [-0.25, -0.2) is 4.98 Å². The summed E-state index contributed by atoms with van der Waals surface area (Å²) in [5.41, 5.74) is 3.35. The number of rotatable bonds is 6. The normalized spacial score (nSPS) is 11.5. The molecule has 7 nitrogen and oxygen atoms in total. The molecule has 0 bridgehead atoms. The molecule has 5 aromatic rings. The second-order valence-electron chi connectivity index (χ2n) is 7.06. The van der Waals surface area contributed by atoms with Crippen molar-refractivity contribution in [1.29, 1.82) is 0 Å². The van der Waals surface area contributed by atoms with Gasteiger partial charge in [0.25, 0.3) is 5.89 Å². The molecule has 0 spiro atoms. The van der Waals surface area contributed by atoms with Crippen LogP contribution in [-0.2, 0) is 17.8 Å². The maximum Gasteiger partial charge on any atom is 0.276 e. The highest BCUT2D eigenvalue weighted by Gasteiger charge is 2.20. The topological polar surface area (TPSA) is 86.1 Å². The number of methoxy groups -OCH3 is 1. The van der Waals surface area contributed by atoms with Crippen LogP contribution in [0, 0.1) is 0 Å². The molecule has 1 N–H and O–H groups in total. The lowest BCUT2D eigenvalue weighted by molar-refractivity contribution is 0.186. The summed E-state index contributed by atoms with van der Waals surface area (Å²) in [5.74, 6) is 2.44. The number of hydrogen-bond donors (Lipinski definition) is 1. The van der Waals surface area contributed by atoms with Crippen molar-refractivity contribution < 1.29 is 14.0 Å². The first-order chi connectivity index (χ1) is 15.2. The van der Waals surface area contributed by atoms with E-state index in [1.807, 2.05) is 37.3 Å². The Morgan fingerprint density at radius 3 is 2.61 bits per heavy atom. The third-order valence-corrected chi connectivity index (χ3v) is 5.29. The summed E-state index contributed by atoms with van der Waals surface area (Å²) in [6.07, 6.45) is 2.46. The first kappa shape index (κ1) is 19.5. The summed E-state index contributed by atoms with van der Waals surface area (Å²) in [7, 11) is 1.65. The van der Waals surface area contributed by atoms with Gasteiger partial charge in [0.1, 0.15) is 17.2 Å². The SMILES string of the molecule is CCc1noc(-c2ncc3[nH]c4ccc(Oc5ccc(Cl)cc5)cc4c3c2COC)n1.